The topological polar surface area (TPSA) is 46.1 Å². The fraction of sp³-hybridized carbons (Fsp3) is 0. The van der Waals surface area contributed by atoms with Crippen LogP contribution in [0.3, 0.4) is 0 Å². The molecule has 0 atom stereocenters. The summed E-state index contributed by atoms with van der Waals surface area (Å²) in [6.07, 6.45) is 7.31. The first-order valence-electron chi connectivity index (χ1n) is 17.1. The fourth-order valence-corrected chi connectivity index (χ4v) is 11.1. The van der Waals surface area contributed by atoms with E-state index in [1.807, 2.05) is 61.2 Å². The number of hydrogen-bond donors (Lipinski definition) is 0. The van der Waals surface area contributed by atoms with E-state index in [2.05, 4.69) is 136 Å². The molecule has 0 spiro atoms. The van der Waals surface area contributed by atoms with E-state index in [0.29, 0.717) is 0 Å². The van der Waals surface area contributed by atoms with E-state index in [9.17, 15) is 0 Å². The highest BCUT2D eigenvalue weighted by Gasteiger charge is 2.47. The lowest BCUT2D eigenvalue weighted by molar-refractivity contribution is 0.586. The van der Waals surface area contributed by atoms with Crippen LogP contribution in [0.1, 0.15) is 0 Å². The van der Waals surface area contributed by atoms with E-state index in [-0.39, 0.29) is 0 Å². The van der Waals surface area contributed by atoms with Gasteiger partial charge in [-0.3, -0.25) is 19.2 Å². The molecule has 0 aliphatic carbocycles. The minimum absolute atomic E-state index is 0.868. The number of benzene rings is 6. The van der Waals surface area contributed by atoms with Crippen molar-refractivity contribution in [3.8, 4) is 66.8 Å². The second kappa shape index (κ2) is 11.6. The van der Waals surface area contributed by atoms with Crippen LogP contribution in [-0.2, 0) is 4.57 Å². The molecule has 0 unspecified atom stereocenters. The van der Waals surface area contributed by atoms with Crippen LogP contribution in [0.2, 0.25) is 0 Å². The highest BCUT2D eigenvalue weighted by molar-refractivity contribution is 7.81. The minimum atomic E-state index is -3.31. The van der Waals surface area contributed by atoms with E-state index in [1.165, 1.54) is 0 Å². The van der Waals surface area contributed by atoms with Gasteiger partial charge < -0.3 is 0 Å². The SMILES string of the molecule is O=P12c3ccccc3-c3cc(-c4cccc(-c5ccncc5)c4)ccc3N1c1ccc(-c3cccc(-c4ccncc4)c3)cc1-c1ccccc12. The van der Waals surface area contributed by atoms with Gasteiger partial charge in [0, 0.05) is 46.5 Å². The van der Waals surface area contributed by atoms with Gasteiger partial charge >= 0.3 is 0 Å². The molecule has 2 aromatic heterocycles. The summed E-state index contributed by atoms with van der Waals surface area (Å²) in [7, 11) is -3.31. The molecule has 5 heteroatoms. The van der Waals surface area contributed by atoms with Crippen LogP contribution in [0.25, 0.3) is 66.8 Å². The van der Waals surface area contributed by atoms with Crippen molar-refractivity contribution in [2.24, 2.45) is 0 Å². The van der Waals surface area contributed by atoms with Gasteiger partial charge in [0.1, 0.15) is 0 Å². The third-order valence-electron chi connectivity index (χ3n) is 10.2. The Hall–Kier alpha value is -6.35. The van der Waals surface area contributed by atoms with Crippen LogP contribution in [0.5, 0.6) is 0 Å². The Balaban J connectivity index is 1.15. The monoisotopic (exact) mass is 671 g/mol. The Kier molecular flexibility index (Phi) is 6.74. The van der Waals surface area contributed by atoms with Crippen LogP contribution >= 0.6 is 7.29 Å². The molecule has 4 nitrogen and oxygen atoms in total. The van der Waals surface area contributed by atoms with Gasteiger partial charge in [-0.25, -0.2) is 0 Å². The van der Waals surface area contributed by atoms with Crippen molar-refractivity contribution in [1.29, 1.82) is 0 Å². The van der Waals surface area contributed by atoms with Crippen LogP contribution in [0.15, 0.2) is 183 Å². The summed E-state index contributed by atoms with van der Waals surface area (Å²) < 4.78 is 18.2. The molecular weight excluding hydrogens is 642 g/mol. The van der Waals surface area contributed by atoms with Gasteiger partial charge in [-0.2, -0.15) is 0 Å². The molecule has 0 N–H and O–H groups in total. The number of rotatable bonds is 4. The molecule has 51 heavy (non-hydrogen) atoms. The lowest BCUT2D eigenvalue weighted by Gasteiger charge is -2.44. The Morgan fingerprint density at radius 2 is 0.745 bits per heavy atom. The molecule has 0 radical (unpaired) electrons. The zero-order valence-corrected chi connectivity index (χ0v) is 28.4. The van der Waals surface area contributed by atoms with Crippen LogP contribution in [0.4, 0.5) is 11.4 Å². The molecule has 0 bridgehead atoms. The zero-order chi connectivity index (χ0) is 33.9. The summed E-state index contributed by atoms with van der Waals surface area (Å²) in [5.74, 6) is 0. The predicted molar refractivity (Wildman–Crippen MR) is 210 cm³/mol. The molecule has 4 heterocycles. The molecule has 0 amide bonds. The lowest BCUT2D eigenvalue weighted by atomic mass is 9.93. The Morgan fingerprint density at radius 3 is 1.20 bits per heavy atom. The number of anilines is 2. The van der Waals surface area contributed by atoms with Crippen molar-refractivity contribution in [1.82, 2.24) is 9.97 Å². The molecule has 2 aliphatic heterocycles. The van der Waals surface area contributed by atoms with Gasteiger partial charge in [-0.1, -0.05) is 84.9 Å². The number of nitrogens with zero attached hydrogens (tertiary/aromatic N) is 3. The number of aromatic nitrogens is 2. The minimum Gasteiger partial charge on any atom is -0.289 e. The van der Waals surface area contributed by atoms with Crippen molar-refractivity contribution in [3.05, 3.63) is 183 Å². The summed E-state index contributed by atoms with van der Waals surface area (Å²) in [6.45, 7) is 0. The van der Waals surface area contributed by atoms with Gasteiger partial charge in [0.25, 0.3) is 0 Å². The van der Waals surface area contributed by atoms with E-state index < -0.39 is 7.29 Å². The Morgan fingerprint density at radius 1 is 0.353 bits per heavy atom. The molecule has 6 aromatic carbocycles. The summed E-state index contributed by atoms with van der Waals surface area (Å²) in [5, 5.41) is 1.74. The highest BCUT2D eigenvalue weighted by atomic mass is 31.2. The number of hydrogen-bond acceptors (Lipinski definition) is 3. The maximum atomic E-state index is 16.0. The molecule has 8 aromatic rings. The van der Waals surface area contributed by atoms with Gasteiger partial charge in [0.05, 0.1) is 11.4 Å². The van der Waals surface area contributed by atoms with E-state index in [4.69, 9.17) is 0 Å². The maximum Gasteiger partial charge on any atom is 0.235 e. The van der Waals surface area contributed by atoms with Gasteiger partial charge in [0.2, 0.25) is 7.29 Å². The Labute approximate surface area is 296 Å². The second-order valence-electron chi connectivity index (χ2n) is 13.0. The maximum absolute atomic E-state index is 16.0. The van der Waals surface area contributed by atoms with Crippen molar-refractivity contribution in [3.63, 3.8) is 0 Å². The first-order valence-corrected chi connectivity index (χ1v) is 18.7. The zero-order valence-electron chi connectivity index (χ0n) is 27.5. The number of pyridine rings is 2. The van der Waals surface area contributed by atoms with E-state index in [1.54, 1.807) is 0 Å². The van der Waals surface area contributed by atoms with Crippen LogP contribution in [0, 0.1) is 0 Å². The normalized spacial score (nSPS) is 13.3. The third kappa shape index (κ3) is 4.65. The summed E-state index contributed by atoms with van der Waals surface area (Å²) in [5.41, 5.74) is 15.1. The van der Waals surface area contributed by atoms with Gasteiger partial charge in [-0.15, -0.1) is 0 Å². The largest absolute Gasteiger partial charge is 0.289 e. The van der Waals surface area contributed by atoms with Crippen molar-refractivity contribution in [2.45, 2.75) is 0 Å². The standard InChI is InChI=1S/C46H30N3OP/c50-51-45-13-3-1-11-39(45)41-29-37(35-9-5-7-33(27-35)31-19-23-47-24-20-31)15-17-43(41)49(51)44-18-16-38(30-42(44)40-12-2-4-14-46(40)51)36-10-6-8-34(28-36)32-21-25-48-26-22-32/h1-30H. The third-order valence-corrected chi connectivity index (χ3v) is 13.3. The van der Waals surface area contributed by atoms with Crippen LogP contribution < -0.4 is 15.3 Å². The smallest absolute Gasteiger partial charge is 0.235 e. The van der Waals surface area contributed by atoms with Gasteiger partial charge in [0.15, 0.2) is 0 Å². The molecule has 2 aliphatic rings. The molecular formula is C46H30N3OP. The fourth-order valence-electron chi connectivity index (χ4n) is 7.79. The second-order valence-corrected chi connectivity index (χ2v) is 15.5. The summed E-state index contributed by atoms with van der Waals surface area (Å²) in [6, 6.07) is 55.1. The molecule has 0 saturated carbocycles. The Bertz CT molecular complexity index is 2510. The van der Waals surface area contributed by atoms with Gasteiger partial charge in [-0.05, 0) is 128 Å². The van der Waals surface area contributed by atoms with E-state index >= 15 is 4.57 Å². The molecule has 0 saturated heterocycles. The number of fused-ring (bicyclic) bond motifs is 11. The summed E-state index contributed by atoms with van der Waals surface area (Å²) in [4.78, 5) is 8.39. The predicted octanol–water partition coefficient (Wildman–Crippen LogP) is 11.2. The lowest BCUT2D eigenvalue weighted by Crippen LogP contribution is -2.37. The van der Waals surface area contributed by atoms with Crippen molar-refractivity contribution >= 4 is 29.3 Å². The first kappa shape index (κ1) is 29.6. The quantitative estimate of drug-likeness (QED) is 0.175. The van der Waals surface area contributed by atoms with E-state index in [0.717, 1.165) is 88.7 Å². The average molecular weight is 672 g/mol. The average Bonchev–Trinajstić information content (AvgIpc) is 3.21. The van der Waals surface area contributed by atoms with Crippen LogP contribution in [-0.4, -0.2) is 9.97 Å². The molecule has 0 fully saturated rings. The summed E-state index contributed by atoms with van der Waals surface area (Å²) >= 11 is 0. The van der Waals surface area contributed by atoms with Crippen molar-refractivity contribution in [2.75, 3.05) is 4.67 Å². The highest BCUT2D eigenvalue weighted by Crippen LogP contribution is 2.66. The first-order chi connectivity index (χ1) is 25.2. The van der Waals surface area contributed by atoms with Crippen molar-refractivity contribution < 1.29 is 4.57 Å². The molecule has 10 rings (SSSR count). The molecule has 240 valence electrons.